The maximum Gasteiger partial charge on any atom is 0.408 e. The minimum atomic E-state index is -1.20. The summed E-state index contributed by atoms with van der Waals surface area (Å²) in [5, 5.41) is 38.2. The molecule has 378 valence electrons. The molecule has 0 aliphatic heterocycles. The molecule has 0 aromatic heterocycles. The van der Waals surface area contributed by atoms with Crippen LogP contribution in [0, 0.1) is 0 Å². The molecule has 1 aromatic carbocycles. The smallest absolute Gasteiger partial charge is 0.408 e. The molecule has 25 heteroatoms. The number of hydroxylamine groups is 6. The van der Waals surface area contributed by atoms with E-state index in [1.54, 1.807) is 62.3 Å². The summed E-state index contributed by atoms with van der Waals surface area (Å²) in [5.41, 5.74) is -1.57. The van der Waals surface area contributed by atoms with E-state index in [0.29, 0.717) is 16.7 Å². The summed E-state index contributed by atoms with van der Waals surface area (Å²) in [6, 6.07) is 0.874. The summed E-state index contributed by atoms with van der Waals surface area (Å²) in [6.07, 6.45) is -4.08. The van der Waals surface area contributed by atoms with E-state index in [2.05, 4.69) is 16.0 Å². The summed E-state index contributed by atoms with van der Waals surface area (Å²) >= 11 is 0. The maximum absolute atomic E-state index is 12.6. The second-order valence-electron chi connectivity index (χ2n) is 17.9. The van der Waals surface area contributed by atoms with E-state index >= 15 is 0 Å². The Morgan fingerprint density at radius 1 is 0.463 bits per heavy atom. The molecule has 67 heavy (non-hydrogen) atoms. The molecule has 0 saturated heterocycles. The zero-order valence-corrected chi connectivity index (χ0v) is 41.3. The first-order chi connectivity index (χ1) is 30.2. The van der Waals surface area contributed by atoms with Crippen LogP contribution in [0.15, 0.2) is 18.2 Å². The standard InChI is InChI=1S/C42H66N6O18.Cr/c1-25(43-37(55)64-40(4,5)6)34(52)46(58)16-13-31(49)61-22-28-19-29(23-62-32(50)14-17-47(59)35(53)26(2)44-38(56)65-41(7,8)9)21-30(20-28)24-63-33(51)15-18-48(60)36(54)27(3)45-39(57)66-42(10,11)12;/h19-21,25-27,58-60H,13-18,22-24H2,1-12H3,(H,43,55)(H,44,56)(H,45,57);/t25-,26-,27-;/m0./s1. The summed E-state index contributed by atoms with van der Waals surface area (Å²) in [5.74, 6) is -5.34. The van der Waals surface area contributed by atoms with E-state index in [1.807, 2.05) is 0 Å². The zero-order valence-electron chi connectivity index (χ0n) is 40.0. The molecule has 1 aromatic rings. The summed E-state index contributed by atoms with van der Waals surface area (Å²) in [7, 11) is 0. The van der Waals surface area contributed by atoms with Gasteiger partial charge in [-0.2, -0.15) is 0 Å². The van der Waals surface area contributed by atoms with Crippen molar-refractivity contribution in [2.75, 3.05) is 19.6 Å². The molecule has 1 rings (SSSR count). The van der Waals surface area contributed by atoms with Crippen LogP contribution in [0.5, 0.6) is 0 Å². The van der Waals surface area contributed by atoms with E-state index < -0.39 is 128 Å². The number of hydrogen-bond acceptors (Lipinski definition) is 18. The third kappa shape index (κ3) is 26.9. The molecule has 0 aliphatic carbocycles. The van der Waals surface area contributed by atoms with Gasteiger partial charge in [0.25, 0.3) is 17.7 Å². The van der Waals surface area contributed by atoms with Crippen molar-refractivity contribution >= 4 is 53.9 Å². The number of alkyl carbamates (subject to hydrolysis) is 3. The van der Waals surface area contributed by atoms with Crippen LogP contribution in [0.1, 0.15) is 119 Å². The fourth-order valence-corrected chi connectivity index (χ4v) is 5.03. The number of carbonyl (C=O) groups is 9. The number of benzene rings is 1. The summed E-state index contributed by atoms with van der Waals surface area (Å²) in [6.45, 7) is 15.9. The van der Waals surface area contributed by atoms with Gasteiger partial charge in [0.1, 0.15) is 54.7 Å². The number of carbonyl (C=O) groups excluding carboxylic acids is 9. The van der Waals surface area contributed by atoms with Gasteiger partial charge in [-0.1, -0.05) is 0 Å². The van der Waals surface area contributed by atoms with Gasteiger partial charge in [-0.25, -0.2) is 29.6 Å². The van der Waals surface area contributed by atoms with E-state index in [0.717, 1.165) is 0 Å². The van der Waals surface area contributed by atoms with Crippen LogP contribution in [0.3, 0.4) is 0 Å². The van der Waals surface area contributed by atoms with Crippen molar-refractivity contribution in [2.24, 2.45) is 0 Å². The van der Waals surface area contributed by atoms with E-state index in [1.165, 1.54) is 39.0 Å². The van der Waals surface area contributed by atoms with Gasteiger partial charge in [0.2, 0.25) is 0 Å². The van der Waals surface area contributed by atoms with Gasteiger partial charge in [0, 0.05) is 17.4 Å². The van der Waals surface area contributed by atoms with Gasteiger partial charge in [0.15, 0.2) is 0 Å². The van der Waals surface area contributed by atoms with Crippen LogP contribution in [0.4, 0.5) is 14.4 Å². The fourth-order valence-electron chi connectivity index (χ4n) is 5.03. The molecule has 0 spiro atoms. The van der Waals surface area contributed by atoms with Crippen molar-refractivity contribution in [2.45, 2.75) is 157 Å². The Bertz CT molecular complexity index is 1660. The normalized spacial score (nSPS) is 12.6. The Kier molecular flexibility index (Phi) is 25.4. The SMILES string of the molecule is C[C@H](NC(=O)OC(C)(C)C)C(=O)N(O)CCC(=O)OCc1cc(COC(=O)CCN(O)C(=O)[C@H](C)NC(=O)OC(C)(C)C)cc(COC(=O)CCN(O)C(=O)[C@H](C)NC(=O)OC(C)(C)C)c1.[Cr]. The molecule has 0 heterocycles. The molecule has 0 bridgehead atoms. The van der Waals surface area contributed by atoms with Crippen molar-refractivity contribution in [3.63, 3.8) is 0 Å². The number of rotatable bonds is 21. The van der Waals surface area contributed by atoms with Crippen molar-refractivity contribution in [1.82, 2.24) is 31.1 Å². The second-order valence-corrected chi connectivity index (χ2v) is 17.9. The first-order valence-electron chi connectivity index (χ1n) is 20.8. The maximum atomic E-state index is 12.6. The van der Waals surface area contributed by atoms with Crippen LogP contribution in [0.2, 0.25) is 0 Å². The second kappa shape index (κ2) is 27.8. The number of esters is 3. The zero-order chi connectivity index (χ0) is 50.7. The van der Waals surface area contributed by atoms with Crippen LogP contribution in [-0.4, -0.2) is 139 Å². The largest absolute Gasteiger partial charge is 0.461 e. The molecule has 6 N–H and O–H groups in total. The molecule has 0 saturated carbocycles. The van der Waals surface area contributed by atoms with Crippen molar-refractivity contribution in [3.8, 4) is 0 Å². The van der Waals surface area contributed by atoms with Gasteiger partial charge in [-0.15, -0.1) is 0 Å². The van der Waals surface area contributed by atoms with Gasteiger partial charge in [0.05, 0.1) is 38.9 Å². The molecule has 6 amide bonds. The average Bonchev–Trinajstić information content (AvgIpc) is 3.18. The van der Waals surface area contributed by atoms with Crippen LogP contribution < -0.4 is 16.0 Å². The Balaban J connectivity index is 0.0000436. The molecule has 0 unspecified atom stereocenters. The molecule has 0 fully saturated rings. The molecule has 24 nitrogen and oxygen atoms in total. The number of nitrogens with zero attached hydrogens (tertiary/aromatic N) is 3. The first-order valence-corrected chi connectivity index (χ1v) is 20.8. The van der Waals surface area contributed by atoms with Crippen LogP contribution in [0.25, 0.3) is 0 Å². The Morgan fingerprint density at radius 2 is 0.672 bits per heavy atom. The Morgan fingerprint density at radius 3 is 0.866 bits per heavy atom. The minimum absolute atomic E-state index is 0. The van der Waals surface area contributed by atoms with Gasteiger partial charge < -0.3 is 44.4 Å². The third-order valence-electron chi connectivity index (χ3n) is 7.97. The minimum Gasteiger partial charge on any atom is -0.461 e. The topological polar surface area (TPSA) is 316 Å². The Hall–Kier alpha value is -5.74. The van der Waals surface area contributed by atoms with E-state index in [-0.39, 0.29) is 52.4 Å². The fraction of sp³-hybridized carbons (Fsp3) is 0.643. The quantitative estimate of drug-likeness (QED) is 0.0445. The molecule has 3 atom stereocenters. The van der Waals surface area contributed by atoms with Gasteiger partial charge in [-0.05, 0) is 118 Å². The first kappa shape index (κ1) is 61.3. The molecular formula is C42H66CrN6O18. The summed E-state index contributed by atoms with van der Waals surface area (Å²) in [4.78, 5) is 112. The van der Waals surface area contributed by atoms with Gasteiger partial charge >= 0.3 is 36.2 Å². The molecule has 0 aliphatic rings. The Labute approximate surface area is 400 Å². The van der Waals surface area contributed by atoms with Gasteiger partial charge in [-0.3, -0.25) is 44.4 Å². The third-order valence-corrected chi connectivity index (χ3v) is 7.97. The van der Waals surface area contributed by atoms with E-state index in [4.69, 9.17) is 28.4 Å². The average molecular weight is 995 g/mol. The molecular weight excluding hydrogens is 928 g/mol. The number of ether oxygens (including phenoxy) is 6. The number of amides is 6. The number of hydrogen-bond donors (Lipinski definition) is 6. The van der Waals surface area contributed by atoms with Crippen molar-refractivity contribution in [1.29, 1.82) is 0 Å². The van der Waals surface area contributed by atoms with Crippen LogP contribution >= 0.6 is 0 Å². The van der Waals surface area contributed by atoms with Crippen molar-refractivity contribution in [3.05, 3.63) is 34.9 Å². The summed E-state index contributed by atoms with van der Waals surface area (Å²) < 4.78 is 31.2. The predicted octanol–water partition coefficient (Wildman–Crippen LogP) is 3.38. The van der Waals surface area contributed by atoms with E-state index in [9.17, 15) is 58.8 Å². The van der Waals surface area contributed by atoms with Crippen molar-refractivity contribution < 1.29 is 105 Å². The van der Waals surface area contributed by atoms with Crippen LogP contribution in [-0.2, 0) is 94.4 Å². The molecule has 0 radical (unpaired) electrons. The number of nitrogens with one attached hydrogen (secondary N) is 3. The monoisotopic (exact) mass is 994 g/mol. The predicted molar refractivity (Wildman–Crippen MR) is 227 cm³/mol.